The van der Waals surface area contributed by atoms with E-state index in [1.54, 1.807) is 0 Å². The Hall–Kier alpha value is -11.1. The van der Waals surface area contributed by atoms with Gasteiger partial charge in [0.15, 0.2) is 14.3 Å². The average Bonchev–Trinajstić information content (AvgIpc) is 0.794. The van der Waals surface area contributed by atoms with Crippen LogP contribution in [0.2, 0.25) is 0 Å². The van der Waals surface area contributed by atoms with Gasteiger partial charge in [-0.15, -0.1) is 0 Å². The predicted octanol–water partition coefficient (Wildman–Crippen LogP) is 20.1. The van der Waals surface area contributed by atoms with E-state index in [4.69, 9.17) is 9.97 Å². The van der Waals surface area contributed by atoms with Gasteiger partial charge in [0, 0.05) is 75.3 Å². The molecule has 0 bridgehead atoms. The third-order valence-corrected chi connectivity index (χ3v) is 23.7. The van der Waals surface area contributed by atoms with Crippen LogP contribution >= 0.6 is 14.3 Å². The Labute approximate surface area is 536 Å². The molecule has 0 fully saturated rings. The number of pyridine rings is 2. The van der Waals surface area contributed by atoms with Gasteiger partial charge in [0.1, 0.15) is 0 Å². The number of aromatic nitrogens is 2. The Balaban J connectivity index is 0.000000153. The molecule has 0 unspecified atom stereocenters. The maximum absolute atomic E-state index is 14.9. The van der Waals surface area contributed by atoms with E-state index in [1.165, 1.54) is 21.9 Å². The molecule has 16 rings (SSSR count). The highest BCUT2D eigenvalue weighted by molar-refractivity contribution is 7.85. The largest absolute Gasteiger partial charge is 0.309 e. The van der Waals surface area contributed by atoms with E-state index in [0.29, 0.717) is 0 Å². The first-order valence-corrected chi connectivity index (χ1v) is 34.4. The zero-order valence-electron chi connectivity index (χ0n) is 50.2. The van der Waals surface area contributed by atoms with Gasteiger partial charge in [-0.05, 0) is 68.8 Å². The summed E-state index contributed by atoms with van der Waals surface area (Å²) in [5.41, 5.74) is 15.1. The highest BCUT2D eigenvalue weighted by atomic mass is 31.2. The van der Waals surface area contributed by atoms with Crippen LogP contribution in [0.1, 0.15) is 0 Å². The van der Waals surface area contributed by atoms with Crippen molar-refractivity contribution in [1.82, 2.24) is 9.97 Å². The number of rotatable bonds is 12. The Morgan fingerprint density at radius 2 is 0.457 bits per heavy atom. The number of fused-ring (bicyclic) bond motifs is 6. The minimum Gasteiger partial charge on any atom is -0.309 e. The van der Waals surface area contributed by atoms with E-state index in [0.717, 1.165) is 120 Å². The highest BCUT2D eigenvalue weighted by Gasteiger charge is 2.31. The number of para-hydroxylation sites is 2. The molecule has 0 aliphatic rings. The first-order chi connectivity index (χ1) is 45.4. The molecule has 0 aliphatic heterocycles. The lowest BCUT2D eigenvalue weighted by Crippen LogP contribution is -2.24. The summed E-state index contributed by atoms with van der Waals surface area (Å²) in [6, 6.07) is 124. The second kappa shape index (κ2) is 25.0. The second-order valence-electron chi connectivity index (χ2n) is 23.0. The van der Waals surface area contributed by atoms with Crippen LogP contribution in [0.4, 0.5) is 0 Å². The SMILES string of the molecule is O=P(c1ccccc1)(c1ccccc1)c1ccc(-c2cccc(-c3cccc4c(-c5ccccc5)nc5ccccc5c34)c2)cc1.O=P(c1ccccc1)(c1ccccc1)c1ccc(-c2cccc(-c3cccc4c(-c5ccccc5)nc5ccccc5c34)c2)cc1. The van der Waals surface area contributed by atoms with Gasteiger partial charge < -0.3 is 9.13 Å². The van der Waals surface area contributed by atoms with Crippen LogP contribution in [0.25, 0.3) is 110 Å². The van der Waals surface area contributed by atoms with Crippen LogP contribution in [0.5, 0.6) is 0 Å². The third-order valence-electron chi connectivity index (χ3n) is 17.5. The third kappa shape index (κ3) is 10.8. The van der Waals surface area contributed by atoms with Gasteiger partial charge >= 0.3 is 0 Å². The molecule has 0 amide bonds. The van der Waals surface area contributed by atoms with Gasteiger partial charge in [-0.25, -0.2) is 9.97 Å². The molecule has 0 radical (unpaired) electrons. The van der Waals surface area contributed by atoms with Gasteiger partial charge in [0.25, 0.3) is 0 Å². The molecule has 0 aliphatic carbocycles. The van der Waals surface area contributed by atoms with Crippen molar-refractivity contribution in [2.24, 2.45) is 0 Å². The molecule has 16 aromatic rings. The van der Waals surface area contributed by atoms with E-state index in [1.807, 2.05) is 158 Å². The summed E-state index contributed by atoms with van der Waals surface area (Å²) >= 11 is 0. The van der Waals surface area contributed by atoms with Crippen molar-refractivity contribution >= 4 is 89.5 Å². The van der Waals surface area contributed by atoms with Crippen LogP contribution in [-0.4, -0.2) is 9.97 Å². The average molecular weight is 1220 g/mol. The predicted molar refractivity (Wildman–Crippen MR) is 390 cm³/mol. The van der Waals surface area contributed by atoms with Crippen molar-refractivity contribution in [3.05, 3.63) is 364 Å². The molecule has 6 heteroatoms. The smallest absolute Gasteiger partial charge is 0.171 e. The quantitative estimate of drug-likeness (QED) is 0.0903. The van der Waals surface area contributed by atoms with Crippen LogP contribution in [0.3, 0.4) is 0 Å². The Morgan fingerprint density at radius 1 is 0.196 bits per heavy atom. The van der Waals surface area contributed by atoms with Gasteiger partial charge in [0.05, 0.1) is 22.4 Å². The highest BCUT2D eigenvalue weighted by Crippen LogP contribution is 2.46. The fraction of sp³-hybridized carbons (Fsp3) is 0. The summed E-state index contributed by atoms with van der Waals surface area (Å²) in [4.78, 5) is 10.2. The Bertz CT molecular complexity index is 4990. The van der Waals surface area contributed by atoms with E-state index < -0.39 is 14.3 Å². The molecule has 0 saturated carbocycles. The summed E-state index contributed by atoms with van der Waals surface area (Å²) in [5.74, 6) is 0. The molecule has 92 heavy (non-hydrogen) atoms. The fourth-order valence-electron chi connectivity index (χ4n) is 13.0. The standard InChI is InChI=1S/2C43H30NOP/c2*45-46(35-18-6-2-7-19-35,36-20-8-3-9-21-36)37-28-26-31(27-29-37)33-16-12-17-34(30-33)38-23-13-24-40-42(38)39-22-10-11-25-41(39)44-43(40)32-14-4-1-5-15-32/h2*1-30H. The maximum atomic E-state index is 14.9. The molecule has 0 saturated heterocycles. The van der Waals surface area contributed by atoms with Gasteiger partial charge in [-0.3, -0.25) is 0 Å². The van der Waals surface area contributed by atoms with Crippen molar-refractivity contribution < 1.29 is 9.13 Å². The van der Waals surface area contributed by atoms with Crippen LogP contribution in [-0.2, 0) is 9.13 Å². The van der Waals surface area contributed by atoms with Crippen molar-refractivity contribution in [1.29, 1.82) is 0 Å². The van der Waals surface area contributed by atoms with Crippen molar-refractivity contribution in [2.75, 3.05) is 0 Å². The Kier molecular flexibility index (Phi) is 15.6. The molecule has 2 aromatic heterocycles. The van der Waals surface area contributed by atoms with Crippen LogP contribution < -0.4 is 31.8 Å². The van der Waals surface area contributed by atoms with Crippen LogP contribution in [0.15, 0.2) is 364 Å². The lowest BCUT2D eigenvalue weighted by atomic mass is 9.91. The topological polar surface area (TPSA) is 59.9 Å². The minimum atomic E-state index is -3.03. The molecule has 2 heterocycles. The fourth-order valence-corrected chi connectivity index (χ4v) is 18.3. The lowest BCUT2D eigenvalue weighted by Gasteiger charge is -2.20. The number of nitrogens with zero attached hydrogens (tertiary/aromatic N) is 2. The summed E-state index contributed by atoms with van der Waals surface area (Å²) in [7, 11) is -6.06. The molecule has 436 valence electrons. The second-order valence-corrected chi connectivity index (χ2v) is 28.5. The van der Waals surface area contributed by atoms with Crippen molar-refractivity contribution in [3.63, 3.8) is 0 Å². The Morgan fingerprint density at radius 3 is 0.804 bits per heavy atom. The number of benzene rings is 14. The number of hydrogen-bond donors (Lipinski definition) is 0. The van der Waals surface area contributed by atoms with E-state index >= 15 is 0 Å². The normalized spacial score (nSPS) is 11.6. The maximum Gasteiger partial charge on any atom is 0.171 e. The van der Waals surface area contributed by atoms with Gasteiger partial charge in [0.2, 0.25) is 0 Å². The first-order valence-electron chi connectivity index (χ1n) is 31.0. The minimum absolute atomic E-state index is 0.825. The monoisotopic (exact) mass is 1210 g/mol. The molecule has 0 spiro atoms. The van der Waals surface area contributed by atoms with Crippen molar-refractivity contribution in [2.45, 2.75) is 0 Å². The molecular weight excluding hydrogens is 1150 g/mol. The molecule has 14 aromatic carbocycles. The summed E-state index contributed by atoms with van der Waals surface area (Å²) in [6.07, 6.45) is 0. The molecule has 4 nitrogen and oxygen atoms in total. The van der Waals surface area contributed by atoms with E-state index in [9.17, 15) is 9.13 Å². The zero-order valence-corrected chi connectivity index (χ0v) is 52.0. The summed E-state index contributed by atoms with van der Waals surface area (Å²) in [5, 5.41) is 11.9. The van der Waals surface area contributed by atoms with Gasteiger partial charge in [-0.1, -0.05) is 340 Å². The molecule has 0 atom stereocenters. The zero-order chi connectivity index (χ0) is 61.9. The van der Waals surface area contributed by atoms with Crippen molar-refractivity contribution in [3.8, 4) is 67.0 Å². The first kappa shape index (κ1) is 57.3. The van der Waals surface area contributed by atoms with E-state index in [-0.39, 0.29) is 0 Å². The van der Waals surface area contributed by atoms with Crippen LogP contribution in [0, 0.1) is 0 Å². The molecular formula is C86H60N2O2P2. The number of hydrogen-bond acceptors (Lipinski definition) is 4. The van der Waals surface area contributed by atoms with E-state index in [2.05, 4.69) is 206 Å². The summed E-state index contributed by atoms with van der Waals surface area (Å²) in [6.45, 7) is 0. The molecule has 0 N–H and O–H groups in total. The summed E-state index contributed by atoms with van der Waals surface area (Å²) < 4.78 is 29.7. The van der Waals surface area contributed by atoms with Gasteiger partial charge in [-0.2, -0.15) is 0 Å². The lowest BCUT2D eigenvalue weighted by molar-refractivity contribution is 0.591.